The van der Waals surface area contributed by atoms with Crippen molar-refractivity contribution in [3.05, 3.63) is 78.9 Å². The lowest BCUT2D eigenvalue weighted by atomic mass is 10.1. The zero-order chi connectivity index (χ0) is 29.7. The summed E-state index contributed by atoms with van der Waals surface area (Å²) in [6.45, 7) is 5.80. The maximum absolute atomic E-state index is 12.3. The van der Waals surface area contributed by atoms with Gasteiger partial charge in [0.25, 0.3) is 0 Å². The molecule has 2 aromatic rings. The average molecular weight is 583 g/mol. The standard InChI is InChI=1S/C23H26N4O10S2/c1-14-8-18(9-15(2)22(14)38(34,35)12-26(30)31)24-20(28)6-5-7-21(29)25-19-10-16(3)23(17(4)11-19)39(36,37)13-27(32)33/h5-6,8-11H,7,12-13H2,1-4H3,(H,24,28)(H,25,29). The van der Waals surface area contributed by atoms with Crippen LogP contribution in [0.3, 0.4) is 0 Å². The van der Waals surface area contributed by atoms with Gasteiger partial charge < -0.3 is 10.6 Å². The fraction of sp³-hybridized carbons (Fsp3) is 0.304. The Balaban J connectivity index is 2.06. The molecule has 0 unspecified atom stereocenters. The van der Waals surface area contributed by atoms with Crippen LogP contribution >= 0.6 is 0 Å². The van der Waals surface area contributed by atoms with Gasteiger partial charge in [0.1, 0.15) is 0 Å². The van der Waals surface area contributed by atoms with Crippen molar-refractivity contribution in [2.24, 2.45) is 0 Å². The third-order valence-corrected chi connectivity index (χ3v) is 8.85. The predicted molar refractivity (Wildman–Crippen MR) is 141 cm³/mol. The molecule has 0 spiro atoms. The van der Waals surface area contributed by atoms with E-state index in [2.05, 4.69) is 10.6 Å². The SMILES string of the molecule is Cc1cc(NC(=O)C=CCC(=O)Nc2cc(C)c(S(=O)(=O)C[N+](=O)[O-])c(C)c2)cc(C)c1S(=O)(=O)C[N+](=O)[O-]. The lowest BCUT2D eigenvalue weighted by Crippen LogP contribution is -2.17. The van der Waals surface area contributed by atoms with Gasteiger partial charge in [-0.3, -0.25) is 29.8 Å². The molecule has 0 aromatic heterocycles. The number of nitrogens with zero attached hydrogens (tertiary/aromatic N) is 2. The lowest BCUT2D eigenvalue weighted by molar-refractivity contribution is -0.458. The molecular weight excluding hydrogens is 556 g/mol. The van der Waals surface area contributed by atoms with E-state index in [1.165, 1.54) is 58.0 Å². The Hall–Kier alpha value is -4.18. The van der Waals surface area contributed by atoms with Gasteiger partial charge in [-0.25, -0.2) is 16.8 Å². The molecule has 210 valence electrons. The Morgan fingerprint density at radius 2 is 1.10 bits per heavy atom. The molecule has 2 aromatic carbocycles. The summed E-state index contributed by atoms with van der Waals surface area (Å²) in [5, 5.41) is 26.4. The van der Waals surface area contributed by atoms with Gasteiger partial charge in [-0.2, -0.15) is 0 Å². The van der Waals surface area contributed by atoms with Gasteiger partial charge in [-0.1, -0.05) is 6.08 Å². The van der Waals surface area contributed by atoms with Crippen molar-refractivity contribution in [2.75, 3.05) is 22.4 Å². The Kier molecular flexibility index (Phi) is 9.65. The highest BCUT2D eigenvalue weighted by Gasteiger charge is 2.27. The monoisotopic (exact) mass is 582 g/mol. The van der Waals surface area contributed by atoms with E-state index in [1.807, 2.05) is 0 Å². The van der Waals surface area contributed by atoms with Crippen molar-refractivity contribution < 1.29 is 36.3 Å². The summed E-state index contributed by atoms with van der Waals surface area (Å²) >= 11 is 0. The van der Waals surface area contributed by atoms with E-state index in [0.29, 0.717) is 0 Å². The number of rotatable bonds is 11. The molecule has 0 bridgehead atoms. The molecule has 0 heterocycles. The van der Waals surface area contributed by atoms with Crippen molar-refractivity contribution in [1.82, 2.24) is 0 Å². The van der Waals surface area contributed by atoms with Gasteiger partial charge in [0.15, 0.2) is 0 Å². The minimum atomic E-state index is -4.16. The summed E-state index contributed by atoms with van der Waals surface area (Å²) in [6.07, 6.45) is 2.14. The number of hydrogen-bond donors (Lipinski definition) is 2. The van der Waals surface area contributed by atoms with E-state index < -0.39 is 53.1 Å². The number of anilines is 2. The molecule has 39 heavy (non-hydrogen) atoms. The maximum atomic E-state index is 12.3. The number of sulfone groups is 2. The molecule has 0 radical (unpaired) electrons. The summed E-state index contributed by atoms with van der Waals surface area (Å²) in [5.41, 5.74) is 1.42. The van der Waals surface area contributed by atoms with Gasteiger partial charge in [-0.15, -0.1) is 0 Å². The number of aryl methyl sites for hydroxylation is 4. The summed E-state index contributed by atoms with van der Waals surface area (Å²) in [6, 6.07) is 5.46. The van der Waals surface area contributed by atoms with Gasteiger partial charge in [0, 0.05) is 27.6 Å². The Labute approximate surface area is 224 Å². The molecule has 0 saturated heterocycles. The fourth-order valence-electron chi connectivity index (χ4n) is 4.10. The molecule has 2 N–H and O–H groups in total. The zero-order valence-electron chi connectivity index (χ0n) is 21.4. The van der Waals surface area contributed by atoms with Crippen molar-refractivity contribution in [3.8, 4) is 0 Å². The van der Waals surface area contributed by atoms with Crippen molar-refractivity contribution in [3.63, 3.8) is 0 Å². The number of nitro groups is 2. The van der Waals surface area contributed by atoms with Gasteiger partial charge in [0.2, 0.25) is 31.5 Å². The number of nitrogens with one attached hydrogen (secondary N) is 2. The number of benzene rings is 2. The molecule has 14 nitrogen and oxygen atoms in total. The van der Waals surface area contributed by atoms with E-state index >= 15 is 0 Å². The van der Waals surface area contributed by atoms with Crippen LogP contribution in [0, 0.1) is 47.9 Å². The zero-order valence-corrected chi connectivity index (χ0v) is 23.0. The fourth-order valence-corrected chi connectivity index (χ4v) is 7.11. The molecule has 0 aliphatic rings. The van der Waals surface area contributed by atoms with E-state index in [0.717, 1.165) is 6.08 Å². The highest BCUT2D eigenvalue weighted by molar-refractivity contribution is 7.91. The van der Waals surface area contributed by atoms with Crippen LogP contribution in [0.2, 0.25) is 0 Å². The van der Waals surface area contributed by atoms with Gasteiger partial charge in [0.05, 0.1) is 9.79 Å². The van der Waals surface area contributed by atoms with Crippen molar-refractivity contribution in [2.45, 2.75) is 43.9 Å². The molecule has 0 aliphatic carbocycles. The number of carbonyl (C=O) groups is 2. The van der Waals surface area contributed by atoms with Crippen LogP contribution in [0.4, 0.5) is 11.4 Å². The topological polar surface area (TPSA) is 213 Å². The third-order valence-electron chi connectivity index (χ3n) is 5.22. The molecule has 0 fully saturated rings. The third kappa shape index (κ3) is 8.41. The van der Waals surface area contributed by atoms with E-state index in [9.17, 15) is 46.7 Å². The normalized spacial score (nSPS) is 11.8. The molecule has 0 aliphatic heterocycles. The second kappa shape index (κ2) is 12.1. The molecule has 0 saturated carbocycles. The van der Waals surface area contributed by atoms with Gasteiger partial charge >= 0.3 is 11.8 Å². The second-order valence-electron chi connectivity index (χ2n) is 8.68. The van der Waals surface area contributed by atoms with Crippen LogP contribution in [0.5, 0.6) is 0 Å². The van der Waals surface area contributed by atoms with Crippen molar-refractivity contribution in [1.29, 1.82) is 0 Å². The highest BCUT2D eigenvalue weighted by Crippen LogP contribution is 2.27. The first-order valence-electron chi connectivity index (χ1n) is 11.1. The summed E-state index contributed by atoms with van der Waals surface area (Å²) < 4.78 is 49.0. The minimum Gasteiger partial charge on any atom is -0.326 e. The first kappa shape index (κ1) is 31.0. The Morgan fingerprint density at radius 1 is 0.744 bits per heavy atom. The molecule has 2 rings (SSSR count). The first-order chi connectivity index (χ1) is 17.9. The number of hydrogen-bond acceptors (Lipinski definition) is 10. The Bertz CT molecular complexity index is 1550. The Morgan fingerprint density at radius 3 is 1.46 bits per heavy atom. The largest absolute Gasteiger partial charge is 0.326 e. The van der Waals surface area contributed by atoms with Crippen molar-refractivity contribution >= 4 is 42.9 Å². The predicted octanol–water partition coefficient (Wildman–Crippen LogP) is 2.46. The number of amides is 2. The second-order valence-corrected chi connectivity index (χ2v) is 12.5. The van der Waals surface area contributed by atoms with Crippen LogP contribution < -0.4 is 10.6 Å². The summed E-state index contributed by atoms with van der Waals surface area (Å²) in [4.78, 5) is 43.7. The smallest absolute Gasteiger partial charge is 0.305 e. The molecule has 0 atom stereocenters. The van der Waals surface area contributed by atoms with Crippen LogP contribution in [0.1, 0.15) is 28.7 Å². The average Bonchev–Trinajstić information content (AvgIpc) is 2.69. The van der Waals surface area contributed by atoms with E-state index in [4.69, 9.17) is 0 Å². The molecule has 16 heteroatoms. The van der Waals surface area contributed by atoms with E-state index in [1.54, 1.807) is 0 Å². The lowest BCUT2D eigenvalue weighted by Gasteiger charge is -2.12. The van der Waals surface area contributed by atoms with Crippen LogP contribution in [-0.4, -0.2) is 50.3 Å². The quantitative estimate of drug-likeness (QED) is 0.224. The summed E-state index contributed by atoms with van der Waals surface area (Å²) in [7, 11) is -8.32. The van der Waals surface area contributed by atoms with Crippen LogP contribution in [0.25, 0.3) is 0 Å². The van der Waals surface area contributed by atoms with E-state index in [-0.39, 0.29) is 49.8 Å². The first-order valence-corrected chi connectivity index (χ1v) is 14.4. The molecular formula is C23H26N4O10S2. The highest BCUT2D eigenvalue weighted by atomic mass is 32.2. The van der Waals surface area contributed by atoms with Crippen LogP contribution in [-0.2, 0) is 29.3 Å². The van der Waals surface area contributed by atoms with Gasteiger partial charge in [-0.05, 0) is 80.3 Å². The summed E-state index contributed by atoms with van der Waals surface area (Å²) in [5.74, 6) is -3.65. The maximum Gasteiger partial charge on any atom is 0.305 e. The van der Waals surface area contributed by atoms with Crippen LogP contribution in [0.15, 0.2) is 46.2 Å². The minimum absolute atomic E-state index is 0.178. The molecule has 2 amide bonds. The number of carbonyl (C=O) groups excluding carboxylic acids is 2.